The molecule has 0 bridgehead atoms. The van der Waals surface area contributed by atoms with Crippen molar-refractivity contribution in [1.82, 2.24) is 30.2 Å². The highest BCUT2D eigenvalue weighted by Gasteiger charge is 2.28. The molecule has 1 saturated heterocycles. The second-order valence-corrected chi connectivity index (χ2v) is 7.62. The average molecular weight is 448 g/mol. The van der Waals surface area contributed by atoms with E-state index in [1.807, 2.05) is 0 Å². The number of nitrogens with one attached hydrogen (secondary N) is 3. The van der Waals surface area contributed by atoms with E-state index >= 15 is 0 Å². The Bertz CT molecular complexity index is 1170. The Labute approximate surface area is 188 Å². The van der Waals surface area contributed by atoms with Crippen LogP contribution in [0, 0.1) is 0 Å². The lowest BCUT2D eigenvalue weighted by molar-refractivity contribution is -0.00344. The average Bonchev–Trinajstić information content (AvgIpc) is 3.64. The van der Waals surface area contributed by atoms with Gasteiger partial charge in [-0.2, -0.15) is 0 Å². The van der Waals surface area contributed by atoms with Crippen LogP contribution in [0.25, 0.3) is 0 Å². The van der Waals surface area contributed by atoms with Gasteiger partial charge >= 0.3 is 6.09 Å². The van der Waals surface area contributed by atoms with Gasteiger partial charge in [-0.25, -0.2) is 24.7 Å². The minimum atomic E-state index is -0.835. The number of rotatable bonds is 7. The number of hydrogen-bond donors (Lipinski definition) is 3. The van der Waals surface area contributed by atoms with Crippen molar-refractivity contribution in [3.63, 3.8) is 0 Å². The number of ether oxygens (including phenoxy) is 2. The summed E-state index contributed by atoms with van der Waals surface area (Å²) < 4.78 is 10.6. The maximum atomic E-state index is 12.7. The fraction of sp³-hybridized carbons (Fsp3) is 0.286. The molecule has 2 aliphatic rings. The first kappa shape index (κ1) is 20.7. The first-order valence-corrected chi connectivity index (χ1v) is 10.4. The molecule has 0 spiro atoms. The van der Waals surface area contributed by atoms with Gasteiger partial charge in [-0.05, 0) is 18.9 Å². The van der Waals surface area contributed by atoms with Crippen LogP contribution in [0.4, 0.5) is 22.0 Å². The number of carbonyl (C=O) groups excluding carboxylic acids is 2. The predicted octanol–water partition coefficient (Wildman–Crippen LogP) is 2.02. The lowest BCUT2D eigenvalue weighted by Crippen LogP contribution is -2.48. The van der Waals surface area contributed by atoms with E-state index in [9.17, 15) is 9.59 Å². The Morgan fingerprint density at radius 2 is 1.88 bits per heavy atom. The van der Waals surface area contributed by atoms with E-state index in [2.05, 4.69) is 40.9 Å². The van der Waals surface area contributed by atoms with Gasteiger partial charge in [0.1, 0.15) is 6.33 Å². The molecule has 3 aromatic rings. The van der Waals surface area contributed by atoms with Crippen molar-refractivity contribution in [1.29, 1.82) is 0 Å². The normalized spacial score (nSPS) is 15.3. The van der Waals surface area contributed by atoms with Crippen molar-refractivity contribution in [2.24, 2.45) is 0 Å². The summed E-state index contributed by atoms with van der Waals surface area (Å²) in [5.74, 6) is 0.199. The molecule has 1 aliphatic heterocycles. The van der Waals surface area contributed by atoms with Crippen LogP contribution < -0.4 is 20.7 Å². The number of anilines is 3. The number of pyridine rings is 1. The second-order valence-electron chi connectivity index (χ2n) is 7.62. The topological polar surface area (TPSA) is 153 Å². The zero-order chi connectivity index (χ0) is 22.6. The van der Waals surface area contributed by atoms with Crippen molar-refractivity contribution >= 4 is 29.2 Å². The van der Waals surface area contributed by atoms with Crippen molar-refractivity contribution < 1.29 is 19.1 Å². The van der Waals surface area contributed by atoms with Gasteiger partial charge in [0.25, 0.3) is 11.8 Å². The van der Waals surface area contributed by atoms with Crippen LogP contribution in [0.15, 0.2) is 43.4 Å². The van der Waals surface area contributed by atoms with Crippen LogP contribution in [0.1, 0.15) is 34.8 Å². The molecule has 168 valence electrons. The smallest absolute Gasteiger partial charge is 0.387 e. The van der Waals surface area contributed by atoms with E-state index in [1.165, 1.54) is 24.8 Å². The van der Waals surface area contributed by atoms with Crippen LogP contribution >= 0.6 is 0 Å². The summed E-state index contributed by atoms with van der Waals surface area (Å²) in [4.78, 5) is 46.0. The summed E-state index contributed by atoms with van der Waals surface area (Å²) in [6.45, 7) is 0.916. The Morgan fingerprint density at radius 1 is 1.06 bits per heavy atom. The Balaban J connectivity index is 1.33. The van der Waals surface area contributed by atoms with Crippen molar-refractivity contribution in [3.05, 3.63) is 54.6 Å². The number of carbonyl (C=O) groups is 2. The molecule has 3 aromatic heterocycles. The van der Waals surface area contributed by atoms with Gasteiger partial charge in [-0.1, -0.05) is 0 Å². The molecule has 12 heteroatoms. The molecule has 2 amide bonds. The van der Waals surface area contributed by atoms with Crippen molar-refractivity contribution in [3.8, 4) is 5.88 Å². The van der Waals surface area contributed by atoms with E-state index in [1.54, 1.807) is 18.6 Å². The monoisotopic (exact) mass is 448 g/mol. The summed E-state index contributed by atoms with van der Waals surface area (Å²) >= 11 is 0. The van der Waals surface area contributed by atoms with Crippen LogP contribution in [0.5, 0.6) is 5.88 Å². The third kappa shape index (κ3) is 5.01. The molecule has 3 N–H and O–H groups in total. The minimum Gasteiger partial charge on any atom is -0.387 e. The second kappa shape index (κ2) is 9.12. The van der Waals surface area contributed by atoms with Gasteiger partial charge in [-0.3, -0.25) is 15.1 Å². The Kier molecular flexibility index (Phi) is 5.72. The highest BCUT2D eigenvalue weighted by atomic mass is 16.6. The number of aromatic nitrogens is 5. The summed E-state index contributed by atoms with van der Waals surface area (Å²) in [5, 5.41) is 8.40. The molecule has 12 nitrogen and oxygen atoms in total. The van der Waals surface area contributed by atoms with Gasteiger partial charge in [-0.15, -0.1) is 0 Å². The highest BCUT2D eigenvalue weighted by Crippen LogP contribution is 2.40. The van der Waals surface area contributed by atoms with Crippen LogP contribution in [-0.2, 0) is 4.74 Å². The zero-order valence-electron chi connectivity index (χ0n) is 17.4. The first-order valence-electron chi connectivity index (χ1n) is 10.4. The van der Waals surface area contributed by atoms with Gasteiger partial charge < -0.3 is 20.1 Å². The molecule has 33 heavy (non-hydrogen) atoms. The van der Waals surface area contributed by atoms with Crippen molar-refractivity contribution in [2.45, 2.75) is 24.8 Å². The van der Waals surface area contributed by atoms with Gasteiger partial charge in [0.05, 0.1) is 66.7 Å². The lowest BCUT2D eigenvalue weighted by Gasteiger charge is -2.27. The molecule has 2 fully saturated rings. The molecule has 0 atom stereocenters. The maximum absolute atomic E-state index is 12.7. The van der Waals surface area contributed by atoms with Crippen LogP contribution in [-0.4, -0.2) is 56.2 Å². The van der Waals surface area contributed by atoms with E-state index in [-0.39, 0.29) is 34.9 Å². The molecule has 0 unspecified atom stereocenters. The summed E-state index contributed by atoms with van der Waals surface area (Å²) in [7, 11) is 0. The summed E-state index contributed by atoms with van der Waals surface area (Å²) in [5.41, 5.74) is 1.77. The Hall–Kier alpha value is -4.19. The van der Waals surface area contributed by atoms with Gasteiger partial charge in [0.15, 0.2) is 5.82 Å². The lowest BCUT2D eigenvalue weighted by atomic mass is 10.2. The molecule has 4 heterocycles. The SMILES string of the molecule is O=C(Nc1cnccc1C(=O)NC1COC1)Oc1nc(C2CC2)cnc1Nc1cncnc1. The molecule has 0 aromatic carbocycles. The zero-order valence-corrected chi connectivity index (χ0v) is 17.4. The molecule has 1 saturated carbocycles. The predicted molar refractivity (Wildman–Crippen MR) is 115 cm³/mol. The van der Waals surface area contributed by atoms with E-state index < -0.39 is 6.09 Å². The number of amides is 2. The minimum absolute atomic E-state index is 0.00209. The number of nitrogens with zero attached hydrogens (tertiary/aromatic N) is 5. The van der Waals surface area contributed by atoms with E-state index in [4.69, 9.17) is 9.47 Å². The molecule has 0 radical (unpaired) electrons. The maximum Gasteiger partial charge on any atom is 0.418 e. The molecular formula is C21H20N8O4. The van der Waals surface area contributed by atoms with Crippen LogP contribution in [0.2, 0.25) is 0 Å². The highest BCUT2D eigenvalue weighted by molar-refractivity contribution is 6.02. The quantitative estimate of drug-likeness (QED) is 0.489. The largest absolute Gasteiger partial charge is 0.418 e. The Morgan fingerprint density at radius 3 is 2.61 bits per heavy atom. The van der Waals surface area contributed by atoms with Gasteiger partial charge in [0.2, 0.25) is 0 Å². The summed E-state index contributed by atoms with van der Waals surface area (Å²) in [6, 6.07) is 1.46. The molecule has 5 rings (SSSR count). The third-order valence-electron chi connectivity index (χ3n) is 5.04. The first-order chi connectivity index (χ1) is 16.2. The van der Waals surface area contributed by atoms with Crippen LogP contribution in [0.3, 0.4) is 0 Å². The van der Waals surface area contributed by atoms with E-state index in [0.717, 1.165) is 18.5 Å². The van der Waals surface area contributed by atoms with Crippen molar-refractivity contribution in [2.75, 3.05) is 23.8 Å². The third-order valence-corrected chi connectivity index (χ3v) is 5.04. The molecular weight excluding hydrogens is 428 g/mol. The standard InChI is InChI=1S/C21H20N8O4/c30-19(27-14-9-32-10-14)15-3-4-22-7-17(15)29-21(31)33-20-18(26-13-5-23-11-24-6-13)25-8-16(28-20)12-1-2-12/h3-8,11-12,14H,1-2,9-10H2,(H,25,26)(H,27,30)(H,29,31). The summed E-state index contributed by atoms with van der Waals surface area (Å²) in [6.07, 6.45) is 10.2. The number of hydrogen-bond acceptors (Lipinski definition) is 10. The fourth-order valence-electron chi connectivity index (χ4n) is 3.12. The van der Waals surface area contributed by atoms with Gasteiger partial charge in [0, 0.05) is 12.1 Å². The molecule has 1 aliphatic carbocycles. The fourth-order valence-corrected chi connectivity index (χ4v) is 3.12. The van der Waals surface area contributed by atoms with E-state index in [0.29, 0.717) is 24.8 Å².